The fourth-order valence-electron chi connectivity index (χ4n) is 3.04. The van der Waals surface area contributed by atoms with Crippen molar-refractivity contribution in [1.82, 2.24) is 10.2 Å². The molecule has 0 aliphatic carbocycles. The van der Waals surface area contributed by atoms with E-state index in [4.69, 9.17) is 4.74 Å². The zero-order valence-electron chi connectivity index (χ0n) is 16.2. The second-order valence-corrected chi connectivity index (χ2v) is 6.24. The Morgan fingerprint density at radius 1 is 1.36 bits per heavy atom. The summed E-state index contributed by atoms with van der Waals surface area (Å²) in [6.45, 7) is 4.93. The van der Waals surface area contributed by atoms with Gasteiger partial charge in [-0.2, -0.15) is 0 Å². The number of rotatable bonds is 7. The SMILES string of the molecule is CCOC(=O)C1CCCN(C(=NC)NCCNc2ccc([N+](=O)[O-])cc2)C1.I. The van der Waals surface area contributed by atoms with Crippen LogP contribution in [-0.4, -0.2) is 61.6 Å². The van der Waals surface area contributed by atoms with E-state index < -0.39 is 4.92 Å². The van der Waals surface area contributed by atoms with Crippen molar-refractivity contribution in [1.29, 1.82) is 0 Å². The maximum atomic E-state index is 12.0. The van der Waals surface area contributed by atoms with Crippen LogP contribution in [0.15, 0.2) is 29.3 Å². The number of nitro groups is 1. The van der Waals surface area contributed by atoms with Crippen LogP contribution < -0.4 is 10.6 Å². The van der Waals surface area contributed by atoms with Crippen molar-refractivity contribution in [3.8, 4) is 0 Å². The first-order valence-electron chi connectivity index (χ1n) is 9.15. The summed E-state index contributed by atoms with van der Waals surface area (Å²) in [5.74, 6) is 0.502. The van der Waals surface area contributed by atoms with Crippen LogP contribution in [0.3, 0.4) is 0 Å². The van der Waals surface area contributed by atoms with Crippen molar-refractivity contribution >= 4 is 47.3 Å². The van der Waals surface area contributed by atoms with Gasteiger partial charge in [0.25, 0.3) is 5.69 Å². The van der Waals surface area contributed by atoms with Crippen LogP contribution in [0.25, 0.3) is 0 Å². The zero-order valence-corrected chi connectivity index (χ0v) is 18.5. The second-order valence-electron chi connectivity index (χ2n) is 6.24. The first kappa shape index (κ1) is 23.9. The molecule has 1 aliphatic heterocycles. The number of benzene rings is 1. The third-order valence-corrected chi connectivity index (χ3v) is 4.37. The lowest BCUT2D eigenvalue weighted by atomic mass is 9.98. The molecule has 0 spiro atoms. The van der Waals surface area contributed by atoms with Gasteiger partial charge in [-0.15, -0.1) is 24.0 Å². The van der Waals surface area contributed by atoms with E-state index >= 15 is 0 Å². The molecule has 1 aliphatic rings. The van der Waals surface area contributed by atoms with Gasteiger partial charge in [0.2, 0.25) is 0 Å². The average molecular weight is 505 g/mol. The van der Waals surface area contributed by atoms with Crippen LogP contribution in [0, 0.1) is 16.0 Å². The van der Waals surface area contributed by atoms with Crippen molar-refractivity contribution < 1.29 is 14.5 Å². The van der Waals surface area contributed by atoms with Crippen molar-refractivity contribution in [2.75, 3.05) is 45.2 Å². The number of likely N-dealkylation sites (tertiary alicyclic amines) is 1. The first-order valence-corrected chi connectivity index (χ1v) is 9.15. The van der Waals surface area contributed by atoms with Crippen LogP contribution in [-0.2, 0) is 9.53 Å². The van der Waals surface area contributed by atoms with Crippen molar-refractivity contribution in [3.63, 3.8) is 0 Å². The van der Waals surface area contributed by atoms with E-state index in [9.17, 15) is 14.9 Å². The highest BCUT2D eigenvalue weighted by atomic mass is 127. The minimum absolute atomic E-state index is 0. The summed E-state index contributed by atoms with van der Waals surface area (Å²) in [4.78, 5) is 28.6. The van der Waals surface area contributed by atoms with Gasteiger partial charge in [0.15, 0.2) is 5.96 Å². The molecule has 1 unspecified atom stereocenters. The minimum atomic E-state index is -0.419. The summed E-state index contributed by atoms with van der Waals surface area (Å²) in [7, 11) is 1.72. The number of nitro benzene ring substituents is 1. The number of esters is 1. The quantitative estimate of drug-likeness (QED) is 0.112. The molecule has 9 nitrogen and oxygen atoms in total. The van der Waals surface area contributed by atoms with Gasteiger partial charge in [0.05, 0.1) is 17.4 Å². The van der Waals surface area contributed by atoms with E-state index in [0.717, 1.165) is 31.0 Å². The molecule has 0 aromatic heterocycles. The molecule has 0 bridgehead atoms. The molecule has 1 aromatic rings. The standard InChI is InChI=1S/C18H27N5O4.HI/c1-3-27-17(24)14-5-4-12-22(13-14)18(19-2)21-11-10-20-15-6-8-16(9-7-15)23(25)26;/h6-9,14,20H,3-5,10-13H2,1-2H3,(H,19,21);1H. The van der Waals surface area contributed by atoms with Gasteiger partial charge in [-0.05, 0) is 31.9 Å². The molecule has 1 atom stereocenters. The molecule has 0 radical (unpaired) electrons. The highest BCUT2D eigenvalue weighted by molar-refractivity contribution is 14.0. The molecule has 10 heteroatoms. The molecular formula is C18H28IN5O4. The fraction of sp³-hybridized carbons (Fsp3) is 0.556. The van der Waals surface area contributed by atoms with E-state index in [1.807, 2.05) is 6.92 Å². The number of carbonyl (C=O) groups is 1. The lowest BCUT2D eigenvalue weighted by molar-refractivity contribution is -0.384. The van der Waals surface area contributed by atoms with Gasteiger partial charge in [0, 0.05) is 51.0 Å². The number of guanidine groups is 1. The largest absolute Gasteiger partial charge is 0.466 e. The number of piperidine rings is 1. The number of halogens is 1. The Labute approximate surface area is 182 Å². The van der Waals surface area contributed by atoms with Crippen LogP contribution in [0.2, 0.25) is 0 Å². The van der Waals surface area contributed by atoms with E-state index in [2.05, 4.69) is 20.5 Å². The van der Waals surface area contributed by atoms with Crippen LogP contribution in [0.4, 0.5) is 11.4 Å². The number of ether oxygens (including phenoxy) is 1. The smallest absolute Gasteiger partial charge is 0.310 e. The molecule has 1 heterocycles. The molecule has 2 N–H and O–H groups in total. The summed E-state index contributed by atoms with van der Waals surface area (Å²) in [5.41, 5.74) is 0.887. The number of nitrogens with one attached hydrogen (secondary N) is 2. The number of nitrogens with zero attached hydrogens (tertiary/aromatic N) is 3. The molecule has 0 amide bonds. The zero-order chi connectivity index (χ0) is 19.6. The number of non-ortho nitro benzene ring substituents is 1. The Kier molecular flexibility index (Phi) is 10.6. The molecular weight excluding hydrogens is 477 g/mol. The maximum Gasteiger partial charge on any atom is 0.310 e. The fourth-order valence-corrected chi connectivity index (χ4v) is 3.04. The van der Waals surface area contributed by atoms with Gasteiger partial charge >= 0.3 is 5.97 Å². The normalized spacial score (nSPS) is 16.7. The Balaban J connectivity index is 0.00000392. The van der Waals surface area contributed by atoms with Crippen molar-refractivity contribution in [2.24, 2.45) is 10.9 Å². The van der Waals surface area contributed by atoms with Gasteiger partial charge in [-0.3, -0.25) is 19.9 Å². The molecule has 156 valence electrons. The molecule has 1 saturated heterocycles. The monoisotopic (exact) mass is 505 g/mol. The first-order chi connectivity index (χ1) is 13.0. The summed E-state index contributed by atoms with van der Waals surface area (Å²) in [6.07, 6.45) is 1.76. The van der Waals surface area contributed by atoms with Crippen LogP contribution in [0.5, 0.6) is 0 Å². The van der Waals surface area contributed by atoms with Crippen LogP contribution in [0.1, 0.15) is 19.8 Å². The Morgan fingerprint density at radius 3 is 2.68 bits per heavy atom. The van der Waals surface area contributed by atoms with Crippen LogP contribution >= 0.6 is 24.0 Å². The Morgan fingerprint density at radius 2 is 2.07 bits per heavy atom. The van der Waals surface area contributed by atoms with E-state index in [0.29, 0.717) is 26.2 Å². The van der Waals surface area contributed by atoms with E-state index in [-0.39, 0.29) is 41.6 Å². The Bertz CT molecular complexity index is 668. The maximum absolute atomic E-state index is 12.0. The number of carbonyl (C=O) groups excluding carboxylic acids is 1. The number of anilines is 1. The molecule has 28 heavy (non-hydrogen) atoms. The predicted molar refractivity (Wildman–Crippen MR) is 119 cm³/mol. The van der Waals surface area contributed by atoms with Gasteiger partial charge in [0.1, 0.15) is 0 Å². The lowest BCUT2D eigenvalue weighted by Gasteiger charge is -2.34. The molecule has 1 aromatic carbocycles. The van der Waals surface area contributed by atoms with Crippen molar-refractivity contribution in [3.05, 3.63) is 34.4 Å². The highest BCUT2D eigenvalue weighted by Crippen LogP contribution is 2.18. The molecule has 2 rings (SSSR count). The summed E-state index contributed by atoms with van der Waals surface area (Å²) in [5, 5.41) is 17.1. The third kappa shape index (κ3) is 7.13. The second kappa shape index (κ2) is 12.4. The van der Waals surface area contributed by atoms with Crippen molar-refractivity contribution in [2.45, 2.75) is 19.8 Å². The van der Waals surface area contributed by atoms with Gasteiger partial charge < -0.3 is 20.3 Å². The van der Waals surface area contributed by atoms with Gasteiger partial charge in [-0.25, -0.2) is 0 Å². The van der Waals surface area contributed by atoms with Gasteiger partial charge in [-0.1, -0.05) is 0 Å². The average Bonchev–Trinajstić information content (AvgIpc) is 2.68. The van der Waals surface area contributed by atoms with E-state index in [1.165, 1.54) is 12.1 Å². The topological polar surface area (TPSA) is 109 Å². The van der Waals surface area contributed by atoms with E-state index in [1.54, 1.807) is 19.2 Å². The number of hydrogen-bond donors (Lipinski definition) is 2. The number of aliphatic imine (C=N–C) groups is 1. The predicted octanol–water partition coefficient (Wildman–Crippen LogP) is 2.48. The Hall–Kier alpha value is -2.11. The summed E-state index contributed by atoms with van der Waals surface area (Å²) < 4.78 is 5.14. The summed E-state index contributed by atoms with van der Waals surface area (Å²) >= 11 is 0. The third-order valence-electron chi connectivity index (χ3n) is 4.37. The highest BCUT2D eigenvalue weighted by Gasteiger charge is 2.28. The summed E-state index contributed by atoms with van der Waals surface area (Å²) in [6, 6.07) is 6.30. The lowest BCUT2D eigenvalue weighted by Crippen LogP contribution is -2.49. The molecule has 0 saturated carbocycles. The minimum Gasteiger partial charge on any atom is -0.466 e. The number of hydrogen-bond acceptors (Lipinski definition) is 6. The molecule has 1 fully saturated rings.